The molecular weight excluding hydrogens is 258 g/mol. The number of benzene rings is 1. The van der Waals surface area contributed by atoms with E-state index >= 15 is 0 Å². The van der Waals surface area contributed by atoms with Crippen molar-refractivity contribution < 1.29 is 14.3 Å². The number of fused-ring (bicyclic) bond motifs is 1. The zero-order chi connectivity index (χ0) is 14.1. The number of nitrogen functional groups attached to an aromatic ring is 1. The molecule has 0 atom stereocenters. The average molecular weight is 271 g/mol. The predicted molar refractivity (Wildman–Crippen MR) is 73.8 cm³/mol. The van der Waals surface area contributed by atoms with Gasteiger partial charge < -0.3 is 15.2 Å². The van der Waals surface area contributed by atoms with Gasteiger partial charge in [0.2, 0.25) is 6.79 Å². The normalized spacial score (nSPS) is 12.4. The number of hydrogen-bond donors (Lipinski definition) is 1. The highest BCUT2D eigenvalue weighted by Crippen LogP contribution is 2.37. The Balaban J connectivity index is 2.11. The Kier molecular flexibility index (Phi) is 2.90. The van der Waals surface area contributed by atoms with Crippen molar-refractivity contribution in [2.24, 2.45) is 0 Å². The minimum Gasteiger partial charge on any atom is -0.454 e. The standard InChI is InChI=1S/C14H13N3O3/c1-2-5-17-14(15)10(7-18)13(16-17)9-3-4-11-12(6-9)20-8-19-11/h2-4,6-7H,1,5,8,15H2. The molecule has 0 aliphatic carbocycles. The number of aromatic nitrogens is 2. The first-order valence-electron chi connectivity index (χ1n) is 6.07. The van der Waals surface area contributed by atoms with Crippen molar-refractivity contribution in [2.75, 3.05) is 12.5 Å². The Bertz CT molecular complexity index is 691. The zero-order valence-electron chi connectivity index (χ0n) is 10.7. The minimum absolute atomic E-state index is 0.201. The lowest BCUT2D eigenvalue weighted by Crippen LogP contribution is -2.03. The molecule has 0 fully saturated rings. The van der Waals surface area contributed by atoms with E-state index in [0.717, 1.165) is 5.56 Å². The SMILES string of the molecule is C=CCn1nc(-c2ccc3c(c2)OCO3)c(C=O)c1N. The molecule has 0 radical (unpaired) electrons. The van der Waals surface area contributed by atoms with Crippen LogP contribution in [-0.2, 0) is 6.54 Å². The van der Waals surface area contributed by atoms with Crippen LogP contribution >= 0.6 is 0 Å². The number of nitrogens with zero attached hydrogens (tertiary/aromatic N) is 2. The van der Waals surface area contributed by atoms with Crippen LogP contribution in [-0.4, -0.2) is 22.9 Å². The molecule has 6 nitrogen and oxygen atoms in total. The van der Waals surface area contributed by atoms with Gasteiger partial charge in [0.05, 0.1) is 12.1 Å². The smallest absolute Gasteiger partial charge is 0.231 e. The van der Waals surface area contributed by atoms with Crippen LogP contribution in [0.2, 0.25) is 0 Å². The number of allylic oxidation sites excluding steroid dienone is 1. The third kappa shape index (κ3) is 1.82. The molecule has 102 valence electrons. The van der Waals surface area contributed by atoms with Gasteiger partial charge in [0.25, 0.3) is 0 Å². The maximum absolute atomic E-state index is 11.3. The first-order valence-corrected chi connectivity index (χ1v) is 6.07. The number of aldehydes is 1. The summed E-state index contributed by atoms with van der Waals surface area (Å²) in [7, 11) is 0. The summed E-state index contributed by atoms with van der Waals surface area (Å²) in [5.74, 6) is 1.64. The van der Waals surface area contributed by atoms with Crippen LogP contribution in [0.1, 0.15) is 10.4 Å². The molecule has 0 saturated heterocycles. The van der Waals surface area contributed by atoms with Crippen molar-refractivity contribution in [1.82, 2.24) is 9.78 Å². The summed E-state index contributed by atoms with van der Waals surface area (Å²) in [5.41, 5.74) is 7.56. The van der Waals surface area contributed by atoms with Crippen LogP contribution in [0.3, 0.4) is 0 Å². The van der Waals surface area contributed by atoms with Crippen LogP contribution in [0.25, 0.3) is 11.3 Å². The summed E-state index contributed by atoms with van der Waals surface area (Å²) in [6.45, 7) is 4.28. The molecule has 2 aromatic rings. The fourth-order valence-corrected chi connectivity index (χ4v) is 2.12. The Morgan fingerprint density at radius 1 is 1.40 bits per heavy atom. The first-order chi connectivity index (χ1) is 9.74. The molecule has 2 N–H and O–H groups in total. The van der Waals surface area contributed by atoms with Gasteiger partial charge in [-0.2, -0.15) is 5.10 Å². The van der Waals surface area contributed by atoms with Gasteiger partial charge in [0.1, 0.15) is 11.5 Å². The van der Waals surface area contributed by atoms with Gasteiger partial charge >= 0.3 is 0 Å². The van der Waals surface area contributed by atoms with Crippen molar-refractivity contribution >= 4 is 12.1 Å². The Morgan fingerprint density at radius 2 is 2.20 bits per heavy atom. The second-order valence-electron chi connectivity index (χ2n) is 4.30. The molecule has 2 heterocycles. The van der Waals surface area contributed by atoms with Gasteiger partial charge in [-0.15, -0.1) is 6.58 Å². The highest BCUT2D eigenvalue weighted by atomic mass is 16.7. The molecule has 6 heteroatoms. The molecule has 0 bridgehead atoms. The summed E-state index contributed by atoms with van der Waals surface area (Å²) in [6, 6.07) is 5.39. The van der Waals surface area contributed by atoms with E-state index in [4.69, 9.17) is 15.2 Å². The van der Waals surface area contributed by atoms with Crippen molar-refractivity contribution in [1.29, 1.82) is 0 Å². The van der Waals surface area contributed by atoms with Crippen LogP contribution in [0, 0.1) is 0 Å². The van der Waals surface area contributed by atoms with Gasteiger partial charge in [-0.25, -0.2) is 4.68 Å². The number of carbonyl (C=O) groups is 1. The maximum atomic E-state index is 11.3. The lowest BCUT2D eigenvalue weighted by molar-refractivity contribution is 0.112. The fourth-order valence-electron chi connectivity index (χ4n) is 2.12. The van der Waals surface area contributed by atoms with Crippen LogP contribution in [0.5, 0.6) is 11.5 Å². The third-order valence-corrected chi connectivity index (χ3v) is 3.10. The molecule has 0 spiro atoms. The van der Waals surface area contributed by atoms with Crippen molar-refractivity contribution in [3.05, 3.63) is 36.4 Å². The van der Waals surface area contributed by atoms with E-state index in [2.05, 4.69) is 11.7 Å². The van der Waals surface area contributed by atoms with Crippen molar-refractivity contribution in [2.45, 2.75) is 6.54 Å². The number of carbonyl (C=O) groups excluding carboxylic acids is 1. The molecule has 1 aromatic heterocycles. The van der Waals surface area contributed by atoms with Gasteiger partial charge in [-0.1, -0.05) is 6.08 Å². The largest absolute Gasteiger partial charge is 0.454 e. The molecule has 1 aliphatic rings. The zero-order valence-corrected chi connectivity index (χ0v) is 10.7. The fraction of sp³-hybridized carbons (Fsp3) is 0.143. The van der Waals surface area contributed by atoms with Gasteiger partial charge in [0, 0.05) is 5.56 Å². The van der Waals surface area contributed by atoms with Gasteiger partial charge in [-0.05, 0) is 18.2 Å². The minimum atomic E-state index is 0.201. The van der Waals surface area contributed by atoms with E-state index in [1.807, 2.05) is 6.07 Å². The van der Waals surface area contributed by atoms with Crippen LogP contribution < -0.4 is 15.2 Å². The van der Waals surface area contributed by atoms with Crippen LogP contribution in [0.4, 0.5) is 5.82 Å². The van der Waals surface area contributed by atoms with E-state index < -0.39 is 0 Å². The van der Waals surface area contributed by atoms with Gasteiger partial charge in [0.15, 0.2) is 17.8 Å². The van der Waals surface area contributed by atoms with E-state index in [9.17, 15) is 4.79 Å². The average Bonchev–Trinajstić information content (AvgIpc) is 3.03. The molecule has 20 heavy (non-hydrogen) atoms. The summed E-state index contributed by atoms with van der Waals surface area (Å²) < 4.78 is 12.1. The summed E-state index contributed by atoms with van der Waals surface area (Å²) in [5, 5.41) is 4.36. The van der Waals surface area contributed by atoms with E-state index in [0.29, 0.717) is 41.4 Å². The third-order valence-electron chi connectivity index (χ3n) is 3.10. The predicted octanol–water partition coefficient (Wildman–Crippen LogP) is 1.86. The second-order valence-corrected chi connectivity index (χ2v) is 4.30. The second kappa shape index (κ2) is 4.73. The molecule has 0 amide bonds. The number of ether oxygens (including phenoxy) is 2. The number of nitrogens with two attached hydrogens (primary N) is 1. The Morgan fingerprint density at radius 3 is 2.95 bits per heavy atom. The number of rotatable bonds is 4. The Labute approximate surface area is 115 Å². The molecule has 1 aromatic carbocycles. The monoisotopic (exact) mass is 271 g/mol. The number of anilines is 1. The van der Waals surface area contributed by atoms with Crippen LogP contribution in [0.15, 0.2) is 30.9 Å². The highest BCUT2D eigenvalue weighted by Gasteiger charge is 2.19. The van der Waals surface area contributed by atoms with Gasteiger partial charge in [-0.3, -0.25) is 4.79 Å². The lowest BCUT2D eigenvalue weighted by atomic mass is 10.1. The molecule has 3 rings (SSSR count). The first kappa shape index (κ1) is 12.3. The van der Waals surface area contributed by atoms with E-state index in [1.54, 1.807) is 18.2 Å². The lowest BCUT2D eigenvalue weighted by Gasteiger charge is -2.00. The summed E-state index contributed by atoms with van der Waals surface area (Å²) >= 11 is 0. The van der Waals surface area contributed by atoms with Crippen molar-refractivity contribution in [3.63, 3.8) is 0 Å². The molecular formula is C14H13N3O3. The summed E-state index contributed by atoms with van der Waals surface area (Å²) in [4.78, 5) is 11.3. The Hall–Kier alpha value is -2.76. The maximum Gasteiger partial charge on any atom is 0.231 e. The van der Waals surface area contributed by atoms with Crippen molar-refractivity contribution in [3.8, 4) is 22.8 Å². The molecule has 0 unspecified atom stereocenters. The number of hydrogen-bond acceptors (Lipinski definition) is 5. The topological polar surface area (TPSA) is 79.4 Å². The summed E-state index contributed by atoms with van der Waals surface area (Å²) in [6.07, 6.45) is 2.38. The molecule has 1 aliphatic heterocycles. The van der Waals surface area contributed by atoms with E-state index in [-0.39, 0.29) is 6.79 Å². The quantitative estimate of drug-likeness (QED) is 0.678. The highest BCUT2D eigenvalue weighted by molar-refractivity contribution is 5.91. The van der Waals surface area contributed by atoms with E-state index in [1.165, 1.54) is 4.68 Å². The molecule has 0 saturated carbocycles.